The van der Waals surface area contributed by atoms with Gasteiger partial charge < -0.3 is 22.6 Å². The molecule has 0 radical (unpaired) electrons. The van der Waals surface area contributed by atoms with Gasteiger partial charge in [-0.05, 0) is 77.3 Å². The van der Waals surface area contributed by atoms with Crippen molar-refractivity contribution in [1.82, 2.24) is 0 Å². The second-order valence-corrected chi connectivity index (χ2v) is 27.1. The molecule has 2 atom stereocenters. The molecule has 0 aliphatic heterocycles. The number of hydrogen-bond acceptors (Lipinski definition) is 5. The highest BCUT2D eigenvalue weighted by molar-refractivity contribution is 6.89. The number of carboxylic acids is 2. The van der Waals surface area contributed by atoms with Crippen LogP contribution < -0.4 is 0 Å². The Morgan fingerprint density at radius 3 is 1.84 bits per heavy atom. The van der Waals surface area contributed by atoms with E-state index >= 15 is 0 Å². The van der Waals surface area contributed by atoms with E-state index in [9.17, 15) is 9.59 Å². The van der Waals surface area contributed by atoms with E-state index in [1.165, 1.54) is 0 Å². The average molecular weight is 511 g/mol. The van der Waals surface area contributed by atoms with Gasteiger partial charge in [-0.15, -0.1) is 0 Å². The van der Waals surface area contributed by atoms with Crippen LogP contribution in [-0.2, 0) is 21.9 Å². The molecule has 0 aliphatic carbocycles. The van der Waals surface area contributed by atoms with Crippen molar-refractivity contribution >= 4 is 45.7 Å². The van der Waals surface area contributed by atoms with E-state index in [2.05, 4.69) is 52.4 Å². The molecule has 2 N–H and O–H groups in total. The largest absolute Gasteiger partial charge is 0.481 e. The molecule has 0 aromatic rings. The van der Waals surface area contributed by atoms with E-state index in [1.807, 2.05) is 0 Å². The Hall–Kier alpha value is -0.312. The Morgan fingerprint density at radius 2 is 1.35 bits per heavy atom. The Morgan fingerprint density at radius 1 is 0.774 bits per heavy atom. The summed E-state index contributed by atoms with van der Waals surface area (Å²) in [6.07, 6.45) is 4.08. The molecular formula is C20H46O7Si4. The molecule has 0 aromatic carbocycles. The van der Waals surface area contributed by atoms with Gasteiger partial charge >= 0.3 is 29.1 Å². The lowest BCUT2D eigenvalue weighted by atomic mass is 10.1. The summed E-state index contributed by atoms with van der Waals surface area (Å²) in [7, 11) is -8.73. The van der Waals surface area contributed by atoms with Gasteiger partial charge in [0.25, 0.3) is 0 Å². The number of unbranched alkanes of at least 4 members (excludes halogenated alkanes) is 2. The number of carbonyl (C=O) groups is 2. The third-order valence-electron chi connectivity index (χ3n) is 4.86. The zero-order chi connectivity index (χ0) is 24.5. The maximum atomic E-state index is 11.1. The van der Waals surface area contributed by atoms with Crippen molar-refractivity contribution in [1.29, 1.82) is 0 Å². The van der Waals surface area contributed by atoms with Gasteiger partial charge in [-0.25, -0.2) is 0 Å². The fourth-order valence-electron chi connectivity index (χ4n) is 3.89. The predicted molar refractivity (Wildman–Crippen MR) is 135 cm³/mol. The second kappa shape index (κ2) is 12.8. The quantitative estimate of drug-likeness (QED) is 0.183. The molecule has 2 unspecified atom stereocenters. The average Bonchev–Trinajstić information content (AvgIpc) is 2.49. The van der Waals surface area contributed by atoms with Crippen molar-refractivity contribution in [2.75, 3.05) is 0 Å². The summed E-state index contributed by atoms with van der Waals surface area (Å²) in [5.41, 5.74) is 0. The molecule has 0 heterocycles. The molecule has 0 aromatic heterocycles. The minimum absolute atomic E-state index is 0.195. The molecule has 0 saturated heterocycles. The summed E-state index contributed by atoms with van der Waals surface area (Å²) in [5, 5.41) is 18.0. The first kappa shape index (κ1) is 30.7. The molecule has 184 valence electrons. The third kappa shape index (κ3) is 16.0. The van der Waals surface area contributed by atoms with E-state index in [0.717, 1.165) is 31.4 Å². The van der Waals surface area contributed by atoms with E-state index in [0.29, 0.717) is 12.8 Å². The molecule has 0 fully saturated rings. The third-order valence-corrected chi connectivity index (χ3v) is 19.7. The summed E-state index contributed by atoms with van der Waals surface area (Å²) >= 11 is 0. The lowest BCUT2D eigenvalue weighted by Crippen LogP contribution is -2.57. The van der Waals surface area contributed by atoms with Crippen molar-refractivity contribution in [3.63, 3.8) is 0 Å². The van der Waals surface area contributed by atoms with E-state index < -0.39 is 45.7 Å². The molecule has 0 amide bonds. The zero-order valence-electron chi connectivity index (χ0n) is 21.2. The molecule has 11 heteroatoms. The summed E-state index contributed by atoms with van der Waals surface area (Å²) < 4.78 is 19.9. The van der Waals surface area contributed by atoms with E-state index in [-0.39, 0.29) is 12.3 Å². The maximum absolute atomic E-state index is 11.1. The lowest BCUT2D eigenvalue weighted by Gasteiger charge is -2.42. The highest BCUT2D eigenvalue weighted by Gasteiger charge is 2.45. The minimum atomic E-state index is -2.54. The fourth-order valence-corrected chi connectivity index (χ4v) is 22.9. The monoisotopic (exact) mass is 510 g/mol. The van der Waals surface area contributed by atoms with Crippen LogP contribution in [0.15, 0.2) is 0 Å². The topological polar surface area (TPSA) is 102 Å². The zero-order valence-corrected chi connectivity index (χ0v) is 25.2. The van der Waals surface area contributed by atoms with Crippen molar-refractivity contribution in [2.45, 2.75) is 110 Å². The molecule has 0 spiro atoms. The van der Waals surface area contributed by atoms with Gasteiger partial charge in [-0.3, -0.25) is 9.59 Å². The van der Waals surface area contributed by atoms with Crippen LogP contribution in [0, 0.1) is 5.92 Å². The van der Waals surface area contributed by atoms with Crippen LogP contribution in [0.2, 0.25) is 64.5 Å². The summed E-state index contributed by atoms with van der Waals surface area (Å²) in [5.74, 6) is -1.84. The lowest BCUT2D eigenvalue weighted by molar-refractivity contribution is -0.141. The van der Waals surface area contributed by atoms with Gasteiger partial charge in [-0.2, -0.15) is 0 Å². The van der Waals surface area contributed by atoms with E-state index in [1.54, 1.807) is 6.92 Å². The van der Waals surface area contributed by atoms with Gasteiger partial charge in [0.05, 0.1) is 5.92 Å². The molecule has 0 saturated carbocycles. The van der Waals surface area contributed by atoms with Crippen LogP contribution in [0.25, 0.3) is 0 Å². The van der Waals surface area contributed by atoms with Crippen LogP contribution in [0.1, 0.15) is 45.4 Å². The molecular weight excluding hydrogens is 465 g/mol. The van der Waals surface area contributed by atoms with Crippen LogP contribution in [0.4, 0.5) is 0 Å². The van der Waals surface area contributed by atoms with Crippen molar-refractivity contribution < 1.29 is 32.1 Å². The molecule has 0 bridgehead atoms. The SMILES string of the molecule is CC(CCC[Si](C)(C)O[Si](C)(CCCCCC(=O)O)O[Si](C)(C)O[Si](C)(C)C)C(=O)O. The highest BCUT2D eigenvalue weighted by atomic mass is 28.5. The van der Waals surface area contributed by atoms with Crippen LogP contribution >= 0.6 is 0 Å². The first-order valence-electron chi connectivity index (χ1n) is 11.4. The fraction of sp³-hybridized carbons (Fsp3) is 0.900. The van der Waals surface area contributed by atoms with Crippen molar-refractivity contribution in [3.8, 4) is 0 Å². The predicted octanol–water partition coefficient (Wildman–Crippen LogP) is 6.00. The number of aliphatic carboxylic acids is 2. The normalized spacial score (nSPS) is 16.0. The minimum Gasteiger partial charge on any atom is -0.481 e. The van der Waals surface area contributed by atoms with Gasteiger partial charge in [-0.1, -0.05) is 26.2 Å². The molecule has 0 aliphatic rings. The van der Waals surface area contributed by atoms with E-state index in [4.69, 9.17) is 22.6 Å². The van der Waals surface area contributed by atoms with Gasteiger partial charge in [0.15, 0.2) is 16.6 Å². The number of hydrogen-bond donors (Lipinski definition) is 2. The first-order valence-corrected chi connectivity index (χ1v) is 23.3. The Balaban J connectivity index is 5.17. The number of rotatable bonds is 17. The smallest absolute Gasteiger partial charge is 0.315 e. The first-order chi connectivity index (χ1) is 13.9. The summed E-state index contributed by atoms with van der Waals surface area (Å²) in [4.78, 5) is 21.9. The Bertz CT molecular complexity index is 578. The Labute approximate surface area is 193 Å². The van der Waals surface area contributed by atoms with Gasteiger partial charge in [0, 0.05) is 6.42 Å². The summed E-state index contributed by atoms with van der Waals surface area (Å²) in [6.45, 7) is 18.9. The van der Waals surface area contributed by atoms with Crippen LogP contribution in [0.3, 0.4) is 0 Å². The highest BCUT2D eigenvalue weighted by Crippen LogP contribution is 2.30. The summed E-state index contributed by atoms with van der Waals surface area (Å²) in [6, 6.07) is 1.71. The standard InChI is InChI=1S/C20H46O7Si4/c1-18(20(23)24)14-13-16-29(5,6)26-31(9,17-12-10-11-15-19(21)22)27-30(7,8)25-28(2,3)4/h18H,10-17H2,1-9H3,(H,21,22)(H,23,24). The van der Waals surface area contributed by atoms with Crippen molar-refractivity contribution in [2.24, 2.45) is 5.92 Å². The van der Waals surface area contributed by atoms with Crippen LogP contribution in [0.5, 0.6) is 0 Å². The van der Waals surface area contributed by atoms with Gasteiger partial charge in [0.1, 0.15) is 0 Å². The second-order valence-electron chi connectivity index (χ2n) is 10.8. The molecule has 31 heavy (non-hydrogen) atoms. The Kier molecular flexibility index (Phi) is 12.7. The molecule has 7 nitrogen and oxygen atoms in total. The van der Waals surface area contributed by atoms with Gasteiger partial charge in [0.2, 0.25) is 0 Å². The number of carboxylic acid groups (broad SMARTS) is 2. The van der Waals surface area contributed by atoms with Crippen molar-refractivity contribution in [3.05, 3.63) is 0 Å². The maximum Gasteiger partial charge on any atom is 0.315 e. The van der Waals surface area contributed by atoms with Crippen LogP contribution in [-0.4, -0.2) is 55.9 Å². The molecule has 0 rings (SSSR count).